The highest BCUT2D eigenvalue weighted by atomic mass is 79.9. The van der Waals surface area contributed by atoms with Crippen molar-refractivity contribution in [1.29, 1.82) is 0 Å². The summed E-state index contributed by atoms with van der Waals surface area (Å²) in [6.07, 6.45) is 2.02. The van der Waals surface area contributed by atoms with E-state index >= 15 is 0 Å². The molecule has 17 heavy (non-hydrogen) atoms. The van der Waals surface area contributed by atoms with Crippen LogP contribution in [0, 0.1) is 5.92 Å². The Morgan fingerprint density at radius 2 is 2.29 bits per heavy atom. The predicted octanol–water partition coefficient (Wildman–Crippen LogP) is 1.62. The molecule has 0 radical (unpaired) electrons. The zero-order chi connectivity index (χ0) is 12.3. The summed E-state index contributed by atoms with van der Waals surface area (Å²) >= 11 is 3.19. The number of aromatic nitrogens is 1. The molecule has 1 saturated heterocycles. The lowest BCUT2D eigenvalue weighted by molar-refractivity contribution is 0.403. The van der Waals surface area contributed by atoms with Gasteiger partial charge >= 0.3 is 0 Å². The van der Waals surface area contributed by atoms with Gasteiger partial charge in [0.2, 0.25) is 0 Å². The van der Waals surface area contributed by atoms with Crippen molar-refractivity contribution in [3.8, 4) is 0 Å². The summed E-state index contributed by atoms with van der Waals surface area (Å²) < 4.78 is 24.8. The molecule has 0 unspecified atom stereocenters. The van der Waals surface area contributed by atoms with E-state index in [-0.39, 0.29) is 16.7 Å². The Morgan fingerprint density at radius 1 is 1.47 bits per heavy atom. The smallest absolute Gasteiger partial charge is 0.195 e. The molecule has 1 aliphatic heterocycles. The van der Waals surface area contributed by atoms with E-state index in [1.807, 2.05) is 0 Å². The molecule has 1 atom stereocenters. The van der Waals surface area contributed by atoms with Crippen molar-refractivity contribution in [2.24, 2.45) is 5.92 Å². The first-order valence-corrected chi connectivity index (χ1v) is 8.08. The molecule has 94 valence electrons. The number of halogens is 1. The minimum Gasteiger partial charge on any atom is -0.316 e. The van der Waals surface area contributed by atoms with Crippen LogP contribution in [0.1, 0.15) is 12.8 Å². The number of piperidine rings is 1. The lowest BCUT2D eigenvalue weighted by Crippen LogP contribution is -2.33. The van der Waals surface area contributed by atoms with Gasteiger partial charge in [-0.3, -0.25) is 0 Å². The quantitative estimate of drug-likeness (QED) is 0.860. The standard InChI is InChI=1S/C11H15BrN2O2S/c12-10-4-1-5-11(14-10)17(15,16)8-9-3-2-6-13-7-9/h1,4-5,9,13H,2-3,6-8H2/t9-/m1/s1. The van der Waals surface area contributed by atoms with Crippen molar-refractivity contribution in [1.82, 2.24) is 10.3 Å². The van der Waals surface area contributed by atoms with Crippen LogP contribution in [0.15, 0.2) is 27.8 Å². The van der Waals surface area contributed by atoms with Crippen LogP contribution in [0.3, 0.4) is 0 Å². The number of sulfone groups is 1. The highest BCUT2D eigenvalue weighted by Gasteiger charge is 2.23. The molecule has 1 N–H and O–H groups in total. The van der Waals surface area contributed by atoms with E-state index in [9.17, 15) is 8.42 Å². The number of hydrogen-bond acceptors (Lipinski definition) is 4. The van der Waals surface area contributed by atoms with E-state index in [1.165, 1.54) is 0 Å². The summed E-state index contributed by atoms with van der Waals surface area (Å²) in [5.41, 5.74) is 0. The first-order valence-electron chi connectivity index (χ1n) is 5.64. The van der Waals surface area contributed by atoms with Crippen LogP contribution in [0.4, 0.5) is 0 Å². The summed E-state index contributed by atoms with van der Waals surface area (Å²) in [7, 11) is -3.26. The van der Waals surface area contributed by atoms with Gasteiger partial charge < -0.3 is 5.32 Å². The van der Waals surface area contributed by atoms with Crippen molar-refractivity contribution in [2.75, 3.05) is 18.8 Å². The Bertz CT molecular complexity index is 484. The second-order valence-electron chi connectivity index (χ2n) is 4.29. The van der Waals surface area contributed by atoms with Gasteiger partial charge in [-0.15, -0.1) is 0 Å². The molecule has 0 aliphatic carbocycles. The summed E-state index contributed by atoms with van der Waals surface area (Å²) in [4.78, 5) is 4.02. The van der Waals surface area contributed by atoms with Crippen molar-refractivity contribution in [3.05, 3.63) is 22.8 Å². The molecule has 1 aromatic rings. The fourth-order valence-electron chi connectivity index (χ4n) is 2.02. The molecule has 0 amide bonds. The van der Waals surface area contributed by atoms with Gasteiger partial charge in [-0.25, -0.2) is 13.4 Å². The third kappa shape index (κ3) is 3.50. The molecule has 1 aromatic heterocycles. The average Bonchev–Trinajstić information content (AvgIpc) is 2.30. The van der Waals surface area contributed by atoms with Gasteiger partial charge in [0, 0.05) is 0 Å². The summed E-state index contributed by atoms with van der Waals surface area (Å²) in [6, 6.07) is 4.97. The van der Waals surface area contributed by atoms with Gasteiger partial charge in [-0.2, -0.15) is 0 Å². The molecule has 0 spiro atoms. The Balaban J connectivity index is 2.13. The molecular formula is C11H15BrN2O2S. The van der Waals surface area contributed by atoms with Crippen LogP contribution in [0.25, 0.3) is 0 Å². The van der Waals surface area contributed by atoms with Gasteiger partial charge in [0.25, 0.3) is 0 Å². The van der Waals surface area contributed by atoms with Crippen LogP contribution in [0.2, 0.25) is 0 Å². The van der Waals surface area contributed by atoms with E-state index < -0.39 is 9.84 Å². The maximum atomic E-state index is 12.1. The van der Waals surface area contributed by atoms with Crippen molar-refractivity contribution in [2.45, 2.75) is 17.9 Å². The first kappa shape index (κ1) is 13.0. The van der Waals surface area contributed by atoms with E-state index in [2.05, 4.69) is 26.2 Å². The first-order chi connectivity index (χ1) is 8.08. The molecule has 4 nitrogen and oxygen atoms in total. The van der Waals surface area contributed by atoms with Gasteiger partial charge in [0.15, 0.2) is 14.9 Å². The van der Waals surface area contributed by atoms with Gasteiger partial charge in [-0.1, -0.05) is 6.07 Å². The Labute approximate surface area is 110 Å². The maximum absolute atomic E-state index is 12.1. The zero-order valence-corrected chi connectivity index (χ0v) is 11.8. The van der Waals surface area contributed by atoms with E-state index in [0.717, 1.165) is 25.9 Å². The normalized spacial score (nSPS) is 21.4. The number of rotatable bonds is 3. The average molecular weight is 319 g/mol. The number of nitrogens with one attached hydrogen (secondary N) is 1. The molecular weight excluding hydrogens is 304 g/mol. The van der Waals surface area contributed by atoms with Crippen LogP contribution < -0.4 is 5.32 Å². The van der Waals surface area contributed by atoms with E-state index in [0.29, 0.717) is 4.60 Å². The van der Waals surface area contributed by atoms with E-state index in [4.69, 9.17) is 0 Å². The second-order valence-corrected chi connectivity index (χ2v) is 7.09. The predicted molar refractivity (Wildman–Crippen MR) is 69.6 cm³/mol. The second kappa shape index (κ2) is 5.46. The van der Waals surface area contributed by atoms with Crippen LogP contribution in [-0.4, -0.2) is 32.2 Å². The molecule has 6 heteroatoms. The SMILES string of the molecule is O=S(=O)(C[C@@H]1CCCNC1)c1cccc(Br)n1. The highest BCUT2D eigenvalue weighted by molar-refractivity contribution is 9.10. The molecule has 0 saturated carbocycles. The number of hydrogen-bond donors (Lipinski definition) is 1. The van der Waals surface area contributed by atoms with Crippen molar-refractivity contribution < 1.29 is 8.42 Å². The van der Waals surface area contributed by atoms with Gasteiger partial charge in [-0.05, 0) is 59.9 Å². The Morgan fingerprint density at radius 3 is 2.94 bits per heavy atom. The summed E-state index contributed by atoms with van der Waals surface area (Å²) in [5, 5.41) is 3.39. The highest BCUT2D eigenvalue weighted by Crippen LogP contribution is 2.18. The lowest BCUT2D eigenvalue weighted by atomic mass is 10.0. The topological polar surface area (TPSA) is 59.1 Å². The molecule has 0 bridgehead atoms. The van der Waals surface area contributed by atoms with Gasteiger partial charge in [0.05, 0.1) is 5.75 Å². The molecule has 2 heterocycles. The van der Waals surface area contributed by atoms with Gasteiger partial charge in [0.1, 0.15) is 4.60 Å². The van der Waals surface area contributed by atoms with Crippen molar-refractivity contribution >= 4 is 25.8 Å². The zero-order valence-electron chi connectivity index (χ0n) is 9.39. The van der Waals surface area contributed by atoms with Crippen LogP contribution >= 0.6 is 15.9 Å². The monoisotopic (exact) mass is 318 g/mol. The largest absolute Gasteiger partial charge is 0.316 e. The van der Waals surface area contributed by atoms with Crippen LogP contribution in [-0.2, 0) is 9.84 Å². The fourth-order valence-corrected chi connectivity index (χ4v) is 4.09. The Kier molecular flexibility index (Phi) is 4.17. The Hall–Kier alpha value is -0.460. The lowest BCUT2D eigenvalue weighted by Gasteiger charge is -2.22. The fraction of sp³-hybridized carbons (Fsp3) is 0.545. The number of pyridine rings is 1. The number of nitrogens with zero attached hydrogens (tertiary/aromatic N) is 1. The molecule has 1 fully saturated rings. The third-order valence-corrected chi connectivity index (χ3v) is 5.08. The summed E-state index contributed by atoms with van der Waals surface area (Å²) in [5.74, 6) is 0.387. The minimum absolute atomic E-state index is 0.164. The van der Waals surface area contributed by atoms with Crippen molar-refractivity contribution in [3.63, 3.8) is 0 Å². The minimum atomic E-state index is -3.26. The molecule has 0 aromatic carbocycles. The third-order valence-electron chi connectivity index (χ3n) is 2.86. The van der Waals surface area contributed by atoms with E-state index in [1.54, 1.807) is 18.2 Å². The summed E-state index contributed by atoms with van der Waals surface area (Å²) in [6.45, 7) is 1.78. The molecule has 2 rings (SSSR count). The van der Waals surface area contributed by atoms with Crippen LogP contribution in [0.5, 0.6) is 0 Å². The molecule has 1 aliphatic rings. The maximum Gasteiger partial charge on any atom is 0.195 e.